The lowest BCUT2D eigenvalue weighted by molar-refractivity contribution is -0.144. The Kier molecular flexibility index (Phi) is 5.39. The van der Waals surface area contributed by atoms with Crippen molar-refractivity contribution in [3.05, 3.63) is 51.5 Å². The van der Waals surface area contributed by atoms with Gasteiger partial charge in [-0.1, -0.05) is 37.3 Å². The van der Waals surface area contributed by atoms with Crippen LogP contribution in [0, 0.1) is 19.3 Å². The van der Waals surface area contributed by atoms with Gasteiger partial charge in [0.25, 0.3) is 0 Å². The van der Waals surface area contributed by atoms with Crippen LogP contribution in [0.4, 0.5) is 0 Å². The predicted octanol–water partition coefficient (Wildman–Crippen LogP) is 4.30. The molecule has 3 aliphatic rings. The van der Waals surface area contributed by atoms with Crippen LogP contribution in [0.2, 0.25) is 0 Å². The Morgan fingerprint density at radius 2 is 1.81 bits per heavy atom. The van der Waals surface area contributed by atoms with Crippen molar-refractivity contribution in [2.45, 2.75) is 90.4 Å². The van der Waals surface area contributed by atoms with Gasteiger partial charge in [-0.25, -0.2) is 4.98 Å². The number of fused-ring (bicyclic) bond motifs is 1. The number of piperidine rings is 1. The molecule has 1 saturated carbocycles. The number of thiazole rings is 1. The summed E-state index contributed by atoms with van der Waals surface area (Å²) in [5, 5.41) is 1.01. The van der Waals surface area contributed by atoms with Crippen molar-refractivity contribution in [3.8, 4) is 0 Å². The summed E-state index contributed by atoms with van der Waals surface area (Å²) in [5.74, 6) is 0.357. The fraction of sp³-hybridized carbons (Fsp3) is 0.577. The van der Waals surface area contributed by atoms with Crippen LogP contribution in [0.5, 0.6) is 0 Å². The van der Waals surface area contributed by atoms with Crippen molar-refractivity contribution in [2.75, 3.05) is 0 Å². The summed E-state index contributed by atoms with van der Waals surface area (Å²) in [5.41, 5.74) is 2.18. The van der Waals surface area contributed by atoms with Gasteiger partial charge in [0.2, 0.25) is 11.8 Å². The van der Waals surface area contributed by atoms with E-state index in [4.69, 9.17) is 0 Å². The third-order valence-electron chi connectivity index (χ3n) is 8.21. The highest BCUT2D eigenvalue weighted by Gasteiger charge is 2.64. The van der Waals surface area contributed by atoms with Crippen LogP contribution in [0.3, 0.4) is 0 Å². The Bertz CT molecular complexity index is 1030. The fourth-order valence-electron chi connectivity index (χ4n) is 6.96. The second-order valence-corrected chi connectivity index (χ2v) is 11.4. The molecule has 32 heavy (non-hydrogen) atoms. The van der Waals surface area contributed by atoms with E-state index in [0.29, 0.717) is 6.42 Å². The van der Waals surface area contributed by atoms with Gasteiger partial charge in [0.15, 0.2) is 0 Å². The van der Waals surface area contributed by atoms with Gasteiger partial charge in [-0.3, -0.25) is 9.59 Å². The summed E-state index contributed by atoms with van der Waals surface area (Å²) in [7, 11) is 0. The minimum Gasteiger partial charge on any atom is -0.334 e. The molecular formula is C26H33N3O2S. The molecule has 2 aromatic rings. The lowest BCUT2D eigenvalue weighted by Gasteiger charge is -2.53. The first-order valence-electron chi connectivity index (χ1n) is 11.9. The molecule has 1 aliphatic carbocycles. The van der Waals surface area contributed by atoms with Crippen molar-refractivity contribution < 1.29 is 9.59 Å². The molecule has 2 amide bonds. The summed E-state index contributed by atoms with van der Waals surface area (Å²) in [6.07, 6.45) is 5.36. The number of rotatable bonds is 4. The van der Waals surface area contributed by atoms with E-state index in [1.165, 1.54) is 5.56 Å². The Labute approximate surface area is 194 Å². The number of carbonyl (C=O) groups excluding carboxylic acids is 2. The van der Waals surface area contributed by atoms with Crippen molar-refractivity contribution in [3.63, 3.8) is 0 Å². The van der Waals surface area contributed by atoms with E-state index in [9.17, 15) is 9.59 Å². The van der Waals surface area contributed by atoms with Gasteiger partial charge in [0, 0.05) is 29.3 Å². The van der Waals surface area contributed by atoms with E-state index in [1.807, 2.05) is 19.9 Å². The van der Waals surface area contributed by atoms with Crippen LogP contribution in [-0.2, 0) is 22.4 Å². The van der Waals surface area contributed by atoms with E-state index in [0.717, 1.165) is 47.7 Å². The fourth-order valence-corrected chi connectivity index (χ4v) is 7.89. The van der Waals surface area contributed by atoms with Crippen molar-refractivity contribution >= 4 is 23.2 Å². The average Bonchev–Trinajstić information content (AvgIpc) is 3.23. The number of amides is 2. The molecule has 2 bridgehead atoms. The minimum atomic E-state index is -0.0178. The summed E-state index contributed by atoms with van der Waals surface area (Å²) >= 11 is 1.63. The predicted molar refractivity (Wildman–Crippen MR) is 127 cm³/mol. The Balaban J connectivity index is 1.56. The molecule has 5 rings (SSSR count). The van der Waals surface area contributed by atoms with Crippen LogP contribution in [-0.4, -0.2) is 50.8 Å². The highest BCUT2D eigenvalue weighted by atomic mass is 32.1. The third kappa shape index (κ3) is 3.38. The van der Waals surface area contributed by atoms with Crippen LogP contribution in [0.1, 0.15) is 60.7 Å². The standard InChI is InChI=1S/C26H33N3O2S/c1-16-22(32-17(2)27-16)14-25(31)29-20(13-19-9-6-5-7-10-19)21-15-26(4)23(28(21)18(3)30)11-8-12-24(26)29/h5-7,9-10,20-21,23-24H,8,11-15H2,1-4H3/t20-,21+,23+,24-,26+/m1/s1. The molecule has 0 N–H and O–H groups in total. The number of aryl methyl sites for hydroxylation is 2. The number of benzene rings is 1. The first-order valence-corrected chi connectivity index (χ1v) is 12.7. The van der Waals surface area contributed by atoms with E-state index >= 15 is 0 Å². The molecular weight excluding hydrogens is 418 g/mol. The second kappa shape index (κ2) is 7.98. The highest BCUT2D eigenvalue weighted by Crippen LogP contribution is 2.56. The summed E-state index contributed by atoms with van der Waals surface area (Å²) < 4.78 is 0. The normalized spacial score (nSPS) is 31.1. The lowest BCUT2D eigenvalue weighted by Crippen LogP contribution is -2.63. The molecule has 2 saturated heterocycles. The van der Waals surface area contributed by atoms with Gasteiger partial charge in [-0.2, -0.15) is 0 Å². The first kappa shape index (κ1) is 21.6. The molecule has 0 spiro atoms. The van der Waals surface area contributed by atoms with Crippen LogP contribution >= 0.6 is 11.3 Å². The maximum atomic E-state index is 14.0. The molecule has 1 aromatic heterocycles. The van der Waals surface area contributed by atoms with Gasteiger partial charge in [-0.05, 0) is 51.5 Å². The zero-order valence-corrected chi connectivity index (χ0v) is 20.3. The number of carbonyl (C=O) groups is 2. The second-order valence-electron chi connectivity index (χ2n) is 10.1. The number of hydrogen-bond donors (Lipinski definition) is 0. The van der Waals surface area contributed by atoms with Gasteiger partial charge >= 0.3 is 0 Å². The molecule has 5 nitrogen and oxygen atoms in total. The molecule has 170 valence electrons. The molecule has 1 aromatic carbocycles. The maximum absolute atomic E-state index is 14.0. The lowest BCUT2D eigenvalue weighted by atomic mass is 9.64. The van der Waals surface area contributed by atoms with Crippen molar-refractivity contribution in [1.82, 2.24) is 14.8 Å². The van der Waals surface area contributed by atoms with Gasteiger partial charge < -0.3 is 9.80 Å². The summed E-state index contributed by atoms with van der Waals surface area (Å²) in [6.45, 7) is 8.05. The number of aromatic nitrogens is 1. The minimum absolute atomic E-state index is 0.0178. The van der Waals surface area contributed by atoms with E-state index in [1.54, 1.807) is 18.3 Å². The van der Waals surface area contributed by atoms with Crippen molar-refractivity contribution in [1.29, 1.82) is 0 Å². The molecule has 0 radical (unpaired) electrons. The SMILES string of the molecule is CC(=O)N1[C@H]2CCC[C@H]3N(C(=O)Cc4sc(C)nc4C)[C@H](Cc4ccccc4)[C@@H]1C[C@@]23C. The summed E-state index contributed by atoms with van der Waals surface area (Å²) in [6, 6.07) is 11.0. The van der Waals surface area contributed by atoms with E-state index in [-0.39, 0.29) is 41.4 Å². The topological polar surface area (TPSA) is 53.5 Å². The molecule has 0 unspecified atom stereocenters. The Morgan fingerprint density at radius 1 is 1.12 bits per heavy atom. The van der Waals surface area contributed by atoms with Gasteiger partial charge in [-0.15, -0.1) is 11.3 Å². The largest absolute Gasteiger partial charge is 0.334 e. The zero-order chi connectivity index (χ0) is 22.6. The zero-order valence-electron chi connectivity index (χ0n) is 19.5. The number of hydrogen-bond acceptors (Lipinski definition) is 4. The van der Waals surface area contributed by atoms with Gasteiger partial charge in [0.05, 0.1) is 29.2 Å². The quantitative estimate of drug-likeness (QED) is 0.696. The molecule has 3 heterocycles. The van der Waals surface area contributed by atoms with E-state index < -0.39 is 0 Å². The Hall–Kier alpha value is -2.21. The molecule has 6 heteroatoms. The first-order chi connectivity index (χ1) is 15.3. The number of likely N-dealkylation sites (tertiary alicyclic amines) is 2. The van der Waals surface area contributed by atoms with Crippen LogP contribution in [0.15, 0.2) is 30.3 Å². The van der Waals surface area contributed by atoms with Gasteiger partial charge in [0.1, 0.15) is 0 Å². The van der Waals surface area contributed by atoms with E-state index in [2.05, 4.69) is 46.0 Å². The summed E-state index contributed by atoms with van der Waals surface area (Å²) in [4.78, 5) is 36.8. The number of nitrogens with zero attached hydrogens (tertiary/aromatic N) is 3. The van der Waals surface area contributed by atoms with Crippen LogP contribution in [0.25, 0.3) is 0 Å². The Morgan fingerprint density at radius 3 is 2.44 bits per heavy atom. The molecule has 5 atom stereocenters. The molecule has 3 fully saturated rings. The van der Waals surface area contributed by atoms with Crippen molar-refractivity contribution in [2.24, 2.45) is 5.41 Å². The third-order valence-corrected chi connectivity index (χ3v) is 9.28. The smallest absolute Gasteiger partial charge is 0.228 e. The maximum Gasteiger partial charge on any atom is 0.228 e. The molecule has 2 aliphatic heterocycles. The average molecular weight is 452 g/mol. The van der Waals surface area contributed by atoms with Crippen LogP contribution < -0.4 is 0 Å². The highest BCUT2D eigenvalue weighted by molar-refractivity contribution is 7.11. The monoisotopic (exact) mass is 451 g/mol.